The molecule has 0 spiro atoms. The van der Waals surface area contributed by atoms with E-state index in [0.717, 1.165) is 0 Å². The van der Waals surface area contributed by atoms with Gasteiger partial charge in [0, 0.05) is 6.08 Å². The third kappa shape index (κ3) is 6.11. The van der Waals surface area contributed by atoms with Crippen LogP contribution in [0.5, 0.6) is 0 Å². The highest BCUT2D eigenvalue weighted by atomic mass is 16.6. The maximum absolute atomic E-state index is 11.0. The van der Waals surface area contributed by atoms with Crippen LogP contribution in [0.3, 0.4) is 0 Å². The molecule has 1 N–H and O–H groups in total. The SMILES string of the molecule is C/C=C/C=C/C(=O)OC(C)(C)CO. The smallest absolute Gasteiger partial charge is 0.331 e. The minimum Gasteiger partial charge on any atom is -0.454 e. The fourth-order valence-corrected chi connectivity index (χ4v) is 0.584. The van der Waals surface area contributed by atoms with Crippen LogP contribution in [0.4, 0.5) is 0 Å². The van der Waals surface area contributed by atoms with Crippen molar-refractivity contribution in [1.82, 2.24) is 0 Å². The van der Waals surface area contributed by atoms with Gasteiger partial charge in [-0.15, -0.1) is 0 Å². The van der Waals surface area contributed by atoms with Crippen molar-refractivity contribution in [2.24, 2.45) is 0 Å². The standard InChI is InChI=1S/C10H16O3/c1-4-5-6-7-9(12)13-10(2,3)8-11/h4-7,11H,8H2,1-3H3/b5-4+,7-6+. The largest absolute Gasteiger partial charge is 0.454 e. The van der Waals surface area contributed by atoms with Crippen LogP contribution in [0.25, 0.3) is 0 Å². The van der Waals surface area contributed by atoms with E-state index >= 15 is 0 Å². The van der Waals surface area contributed by atoms with E-state index < -0.39 is 11.6 Å². The van der Waals surface area contributed by atoms with Gasteiger partial charge in [0.05, 0.1) is 6.61 Å². The Bertz CT molecular complexity index is 214. The van der Waals surface area contributed by atoms with Crippen molar-refractivity contribution in [1.29, 1.82) is 0 Å². The van der Waals surface area contributed by atoms with Crippen LogP contribution in [0.2, 0.25) is 0 Å². The number of ether oxygens (including phenoxy) is 1. The fraction of sp³-hybridized carbons (Fsp3) is 0.500. The first-order chi connectivity index (χ1) is 6.02. The molecule has 0 aromatic rings. The molecule has 0 bridgehead atoms. The first kappa shape index (κ1) is 11.9. The summed E-state index contributed by atoms with van der Waals surface area (Å²) in [5.74, 6) is -0.447. The lowest BCUT2D eigenvalue weighted by atomic mass is 10.1. The Kier molecular flexibility index (Phi) is 5.07. The van der Waals surface area contributed by atoms with Crippen molar-refractivity contribution in [2.75, 3.05) is 6.61 Å². The third-order valence-corrected chi connectivity index (χ3v) is 1.29. The minimum absolute atomic E-state index is 0.184. The van der Waals surface area contributed by atoms with Crippen molar-refractivity contribution in [2.45, 2.75) is 26.4 Å². The Balaban J connectivity index is 4.01. The van der Waals surface area contributed by atoms with Gasteiger partial charge in [0.25, 0.3) is 0 Å². The zero-order valence-corrected chi connectivity index (χ0v) is 8.28. The first-order valence-electron chi connectivity index (χ1n) is 4.15. The average molecular weight is 184 g/mol. The van der Waals surface area contributed by atoms with E-state index in [1.54, 1.807) is 32.1 Å². The number of aliphatic hydroxyl groups is 1. The number of carbonyl (C=O) groups is 1. The van der Waals surface area contributed by atoms with Gasteiger partial charge in [-0.05, 0) is 20.8 Å². The van der Waals surface area contributed by atoms with Gasteiger partial charge in [0.1, 0.15) is 5.60 Å². The molecule has 0 rings (SSSR count). The molecule has 0 saturated heterocycles. The summed E-state index contributed by atoms with van der Waals surface area (Å²) in [5, 5.41) is 8.80. The van der Waals surface area contributed by atoms with E-state index in [1.165, 1.54) is 6.08 Å². The summed E-state index contributed by atoms with van der Waals surface area (Å²) in [5.41, 5.74) is -0.808. The predicted octanol–water partition coefficient (Wildman–Crippen LogP) is 1.43. The van der Waals surface area contributed by atoms with Crippen LogP contribution >= 0.6 is 0 Å². The average Bonchev–Trinajstić information content (AvgIpc) is 2.04. The highest BCUT2D eigenvalue weighted by molar-refractivity contribution is 5.82. The van der Waals surface area contributed by atoms with Crippen molar-refractivity contribution < 1.29 is 14.6 Å². The Morgan fingerprint density at radius 2 is 2.08 bits per heavy atom. The lowest BCUT2D eigenvalue weighted by Crippen LogP contribution is -2.31. The lowest BCUT2D eigenvalue weighted by molar-refractivity contribution is -0.153. The van der Waals surface area contributed by atoms with Gasteiger partial charge in [-0.3, -0.25) is 0 Å². The van der Waals surface area contributed by atoms with Crippen LogP contribution in [-0.4, -0.2) is 23.3 Å². The molecule has 0 aromatic heterocycles. The second kappa shape index (κ2) is 5.54. The molecule has 0 atom stereocenters. The zero-order valence-electron chi connectivity index (χ0n) is 8.28. The van der Waals surface area contributed by atoms with Gasteiger partial charge in [-0.2, -0.15) is 0 Å². The van der Waals surface area contributed by atoms with Crippen molar-refractivity contribution in [3.05, 3.63) is 24.3 Å². The normalized spacial score (nSPS) is 12.6. The summed E-state index contributed by atoms with van der Waals surface area (Å²) in [4.78, 5) is 11.0. The Morgan fingerprint density at radius 3 is 2.54 bits per heavy atom. The summed E-state index contributed by atoms with van der Waals surface area (Å²) < 4.78 is 4.92. The minimum atomic E-state index is -0.808. The molecule has 0 heterocycles. The van der Waals surface area contributed by atoms with E-state index in [1.807, 2.05) is 6.92 Å². The molecule has 0 radical (unpaired) electrons. The highest BCUT2D eigenvalue weighted by Gasteiger charge is 2.19. The van der Waals surface area contributed by atoms with Crippen LogP contribution in [0, 0.1) is 0 Å². The summed E-state index contributed by atoms with van der Waals surface area (Å²) in [7, 11) is 0. The molecular formula is C10H16O3. The van der Waals surface area contributed by atoms with E-state index in [9.17, 15) is 4.79 Å². The molecule has 0 unspecified atom stereocenters. The van der Waals surface area contributed by atoms with Gasteiger partial charge in [-0.25, -0.2) is 4.79 Å². The number of rotatable bonds is 4. The number of esters is 1. The molecule has 3 nitrogen and oxygen atoms in total. The summed E-state index contributed by atoms with van der Waals surface area (Å²) in [6.07, 6.45) is 6.45. The molecule has 0 aromatic carbocycles. The third-order valence-electron chi connectivity index (χ3n) is 1.29. The second-order valence-corrected chi connectivity index (χ2v) is 3.22. The van der Waals surface area contributed by atoms with E-state index in [2.05, 4.69) is 0 Å². The van der Waals surface area contributed by atoms with Gasteiger partial charge in [-0.1, -0.05) is 18.2 Å². The van der Waals surface area contributed by atoms with E-state index in [0.29, 0.717) is 0 Å². The van der Waals surface area contributed by atoms with Crippen LogP contribution < -0.4 is 0 Å². The summed E-state index contributed by atoms with van der Waals surface area (Å²) in [6, 6.07) is 0. The number of hydrogen-bond donors (Lipinski definition) is 1. The Morgan fingerprint density at radius 1 is 1.46 bits per heavy atom. The molecule has 0 amide bonds. The van der Waals surface area contributed by atoms with Crippen molar-refractivity contribution in [3.8, 4) is 0 Å². The number of aliphatic hydroxyl groups excluding tert-OH is 1. The molecule has 0 saturated carbocycles. The summed E-state index contributed by atoms with van der Waals surface area (Å²) >= 11 is 0. The number of allylic oxidation sites excluding steroid dienone is 3. The molecule has 13 heavy (non-hydrogen) atoms. The Labute approximate surface area is 78.7 Å². The number of carbonyl (C=O) groups excluding carboxylic acids is 1. The van der Waals surface area contributed by atoms with Gasteiger partial charge < -0.3 is 9.84 Å². The monoisotopic (exact) mass is 184 g/mol. The highest BCUT2D eigenvalue weighted by Crippen LogP contribution is 2.07. The zero-order chi connectivity index (χ0) is 10.3. The predicted molar refractivity (Wildman–Crippen MR) is 51.2 cm³/mol. The van der Waals surface area contributed by atoms with Crippen LogP contribution in [0.15, 0.2) is 24.3 Å². The van der Waals surface area contributed by atoms with Gasteiger partial charge in [0.15, 0.2) is 0 Å². The van der Waals surface area contributed by atoms with Crippen LogP contribution in [0.1, 0.15) is 20.8 Å². The van der Waals surface area contributed by atoms with Crippen LogP contribution in [-0.2, 0) is 9.53 Å². The maximum atomic E-state index is 11.0. The first-order valence-corrected chi connectivity index (χ1v) is 4.15. The van der Waals surface area contributed by atoms with Crippen molar-refractivity contribution >= 4 is 5.97 Å². The van der Waals surface area contributed by atoms with E-state index in [4.69, 9.17) is 9.84 Å². The molecule has 74 valence electrons. The second-order valence-electron chi connectivity index (χ2n) is 3.22. The molecule has 0 aliphatic heterocycles. The van der Waals surface area contributed by atoms with Gasteiger partial charge >= 0.3 is 5.97 Å². The molecular weight excluding hydrogens is 168 g/mol. The van der Waals surface area contributed by atoms with Crippen molar-refractivity contribution in [3.63, 3.8) is 0 Å². The fourth-order valence-electron chi connectivity index (χ4n) is 0.584. The maximum Gasteiger partial charge on any atom is 0.331 e. The lowest BCUT2D eigenvalue weighted by Gasteiger charge is -2.20. The molecule has 0 aliphatic carbocycles. The number of hydrogen-bond acceptors (Lipinski definition) is 3. The Hall–Kier alpha value is -1.09. The van der Waals surface area contributed by atoms with Gasteiger partial charge in [0.2, 0.25) is 0 Å². The molecule has 3 heteroatoms. The summed E-state index contributed by atoms with van der Waals surface area (Å²) in [6.45, 7) is 4.96. The quantitative estimate of drug-likeness (QED) is 0.408. The topological polar surface area (TPSA) is 46.5 Å². The molecule has 0 fully saturated rings. The molecule has 0 aliphatic rings. The van der Waals surface area contributed by atoms with E-state index in [-0.39, 0.29) is 6.61 Å².